The normalized spacial score (nSPS) is 10.1. The maximum absolute atomic E-state index is 13.1. The second-order valence-corrected chi connectivity index (χ2v) is 4.07. The van der Waals surface area contributed by atoms with Crippen molar-refractivity contribution in [1.29, 1.82) is 0 Å². The van der Waals surface area contributed by atoms with Gasteiger partial charge in [-0.2, -0.15) is 4.39 Å². The number of nitrogens with one attached hydrogen (secondary N) is 2. The summed E-state index contributed by atoms with van der Waals surface area (Å²) >= 11 is 0. The maximum atomic E-state index is 13.1. The molecule has 0 fully saturated rings. The molecule has 0 radical (unpaired) electrons. The van der Waals surface area contributed by atoms with Gasteiger partial charge in [-0.25, -0.2) is 4.98 Å². The molecule has 1 aromatic carbocycles. The van der Waals surface area contributed by atoms with Crippen LogP contribution in [-0.4, -0.2) is 17.9 Å². The molecule has 0 saturated heterocycles. The first-order valence-corrected chi connectivity index (χ1v) is 5.82. The second kappa shape index (κ2) is 5.48. The van der Waals surface area contributed by atoms with Crippen LogP contribution in [0.3, 0.4) is 0 Å². The van der Waals surface area contributed by atoms with Gasteiger partial charge in [0.15, 0.2) is 0 Å². The first kappa shape index (κ1) is 13.0. The van der Waals surface area contributed by atoms with Crippen molar-refractivity contribution in [2.24, 2.45) is 0 Å². The van der Waals surface area contributed by atoms with Gasteiger partial charge in [0.25, 0.3) is 5.91 Å². The van der Waals surface area contributed by atoms with E-state index in [0.717, 1.165) is 5.56 Å². The number of hydrogen-bond donors (Lipinski definition) is 2. The van der Waals surface area contributed by atoms with Crippen molar-refractivity contribution in [2.45, 2.75) is 6.92 Å². The fraction of sp³-hybridized carbons (Fsp3) is 0.143. The summed E-state index contributed by atoms with van der Waals surface area (Å²) in [6.45, 7) is 1.82. The fourth-order valence-corrected chi connectivity index (χ4v) is 1.70. The van der Waals surface area contributed by atoms with Crippen LogP contribution in [0.1, 0.15) is 15.9 Å². The number of pyridine rings is 1. The van der Waals surface area contributed by atoms with Gasteiger partial charge in [-0.15, -0.1) is 0 Å². The number of aryl methyl sites for hydroxylation is 1. The Morgan fingerprint density at radius 1 is 1.26 bits per heavy atom. The molecule has 5 heteroatoms. The Balaban J connectivity index is 2.38. The van der Waals surface area contributed by atoms with Gasteiger partial charge in [-0.05, 0) is 24.6 Å². The van der Waals surface area contributed by atoms with E-state index < -0.39 is 5.95 Å². The summed E-state index contributed by atoms with van der Waals surface area (Å²) in [4.78, 5) is 15.3. The van der Waals surface area contributed by atoms with Crippen LogP contribution in [0, 0.1) is 12.9 Å². The van der Waals surface area contributed by atoms with Crippen molar-refractivity contribution in [3.05, 3.63) is 53.6 Å². The summed E-state index contributed by atoms with van der Waals surface area (Å²) in [7, 11) is 1.57. The molecule has 2 aromatic rings. The molecule has 1 heterocycles. The Labute approximate surface area is 110 Å². The van der Waals surface area contributed by atoms with E-state index in [9.17, 15) is 9.18 Å². The topological polar surface area (TPSA) is 54.0 Å². The van der Waals surface area contributed by atoms with Crippen molar-refractivity contribution in [3.63, 3.8) is 0 Å². The molecule has 0 spiro atoms. The van der Waals surface area contributed by atoms with Crippen LogP contribution in [0.2, 0.25) is 0 Å². The molecule has 98 valence electrons. The fourth-order valence-electron chi connectivity index (χ4n) is 1.70. The van der Waals surface area contributed by atoms with Crippen LogP contribution >= 0.6 is 0 Å². The highest BCUT2D eigenvalue weighted by atomic mass is 19.1. The minimum atomic E-state index is -0.564. The average Bonchev–Trinajstić information content (AvgIpc) is 2.42. The number of aromatic nitrogens is 1. The Bertz CT molecular complexity index is 613. The third-order valence-electron chi connectivity index (χ3n) is 2.74. The third-order valence-corrected chi connectivity index (χ3v) is 2.74. The minimum absolute atomic E-state index is 0.199. The van der Waals surface area contributed by atoms with E-state index in [-0.39, 0.29) is 5.91 Å². The lowest BCUT2D eigenvalue weighted by molar-refractivity contribution is 0.0964. The molecule has 1 amide bonds. The standard InChI is InChI=1S/C14H14FN3O/c1-9-8-17-13(15)7-12(9)18-11-6-4-3-5-10(11)14(19)16-2/h3-8H,1-2H3,(H,16,19)(H,17,18). The van der Waals surface area contributed by atoms with E-state index in [0.29, 0.717) is 16.9 Å². The van der Waals surface area contributed by atoms with Crippen LogP contribution < -0.4 is 10.6 Å². The van der Waals surface area contributed by atoms with Gasteiger partial charge in [-0.3, -0.25) is 4.79 Å². The highest BCUT2D eigenvalue weighted by molar-refractivity contribution is 6.00. The molecule has 0 aliphatic carbocycles. The summed E-state index contributed by atoms with van der Waals surface area (Å²) in [5.41, 5.74) is 2.51. The molecule has 0 unspecified atom stereocenters. The van der Waals surface area contributed by atoms with Gasteiger partial charge in [0.2, 0.25) is 5.95 Å². The Morgan fingerprint density at radius 2 is 2.00 bits per heavy atom. The second-order valence-electron chi connectivity index (χ2n) is 4.07. The molecule has 0 aliphatic heterocycles. The summed E-state index contributed by atoms with van der Waals surface area (Å²) < 4.78 is 13.1. The lowest BCUT2D eigenvalue weighted by atomic mass is 10.1. The largest absolute Gasteiger partial charge is 0.355 e. The monoisotopic (exact) mass is 259 g/mol. The van der Waals surface area contributed by atoms with Crippen LogP contribution in [0.4, 0.5) is 15.8 Å². The zero-order valence-corrected chi connectivity index (χ0v) is 10.7. The first-order chi connectivity index (χ1) is 9.11. The SMILES string of the molecule is CNC(=O)c1ccccc1Nc1cc(F)ncc1C. The Kier molecular flexibility index (Phi) is 3.75. The number of anilines is 2. The van der Waals surface area contributed by atoms with Gasteiger partial charge < -0.3 is 10.6 Å². The summed E-state index contributed by atoms with van der Waals surface area (Å²) in [6.07, 6.45) is 1.44. The Morgan fingerprint density at radius 3 is 2.74 bits per heavy atom. The summed E-state index contributed by atoms with van der Waals surface area (Å²) in [5.74, 6) is -0.763. The summed E-state index contributed by atoms with van der Waals surface area (Å²) in [6, 6.07) is 8.35. The number of para-hydroxylation sites is 1. The molecule has 0 atom stereocenters. The molecule has 19 heavy (non-hydrogen) atoms. The van der Waals surface area contributed by atoms with E-state index in [1.807, 2.05) is 13.0 Å². The van der Waals surface area contributed by atoms with Crippen LogP contribution in [0.25, 0.3) is 0 Å². The lowest BCUT2D eigenvalue weighted by Gasteiger charge is -2.12. The number of nitrogens with zero attached hydrogens (tertiary/aromatic N) is 1. The van der Waals surface area contributed by atoms with Gasteiger partial charge in [-0.1, -0.05) is 12.1 Å². The third kappa shape index (κ3) is 2.88. The number of hydrogen-bond acceptors (Lipinski definition) is 3. The molecule has 1 aromatic heterocycles. The van der Waals surface area contributed by atoms with Crippen LogP contribution in [-0.2, 0) is 0 Å². The number of rotatable bonds is 3. The zero-order valence-electron chi connectivity index (χ0n) is 10.7. The van der Waals surface area contributed by atoms with E-state index in [1.54, 1.807) is 25.2 Å². The lowest BCUT2D eigenvalue weighted by Crippen LogP contribution is -2.19. The van der Waals surface area contributed by atoms with Gasteiger partial charge in [0.1, 0.15) is 0 Å². The number of halogens is 1. The van der Waals surface area contributed by atoms with E-state index in [1.165, 1.54) is 12.3 Å². The highest BCUT2D eigenvalue weighted by Crippen LogP contribution is 2.23. The minimum Gasteiger partial charge on any atom is -0.355 e. The molecular weight excluding hydrogens is 245 g/mol. The molecule has 0 bridgehead atoms. The number of benzene rings is 1. The number of amides is 1. The van der Waals surface area contributed by atoms with Gasteiger partial charge in [0.05, 0.1) is 11.3 Å². The average molecular weight is 259 g/mol. The number of carbonyl (C=O) groups is 1. The van der Waals surface area contributed by atoms with Crippen molar-refractivity contribution in [1.82, 2.24) is 10.3 Å². The molecule has 4 nitrogen and oxygen atoms in total. The van der Waals surface area contributed by atoms with E-state index in [2.05, 4.69) is 15.6 Å². The molecule has 2 rings (SSSR count). The van der Waals surface area contributed by atoms with Crippen molar-refractivity contribution in [3.8, 4) is 0 Å². The van der Waals surface area contributed by atoms with E-state index >= 15 is 0 Å². The zero-order chi connectivity index (χ0) is 13.8. The highest BCUT2D eigenvalue weighted by Gasteiger charge is 2.10. The Hall–Kier alpha value is -2.43. The van der Waals surface area contributed by atoms with Crippen molar-refractivity contribution in [2.75, 3.05) is 12.4 Å². The van der Waals surface area contributed by atoms with E-state index in [4.69, 9.17) is 0 Å². The first-order valence-electron chi connectivity index (χ1n) is 5.82. The van der Waals surface area contributed by atoms with Crippen molar-refractivity contribution >= 4 is 17.3 Å². The number of carbonyl (C=O) groups excluding carboxylic acids is 1. The van der Waals surface area contributed by atoms with Crippen LogP contribution in [0.15, 0.2) is 36.5 Å². The predicted octanol–water partition coefficient (Wildman–Crippen LogP) is 2.63. The molecule has 2 N–H and O–H groups in total. The molecular formula is C14H14FN3O. The summed E-state index contributed by atoms with van der Waals surface area (Å²) in [5, 5.41) is 5.62. The molecule has 0 aliphatic rings. The maximum Gasteiger partial charge on any atom is 0.253 e. The quantitative estimate of drug-likeness (QED) is 0.833. The van der Waals surface area contributed by atoms with Gasteiger partial charge in [0, 0.05) is 25.0 Å². The molecule has 0 saturated carbocycles. The predicted molar refractivity (Wildman–Crippen MR) is 72.0 cm³/mol. The van der Waals surface area contributed by atoms with Crippen LogP contribution in [0.5, 0.6) is 0 Å². The van der Waals surface area contributed by atoms with Crippen molar-refractivity contribution < 1.29 is 9.18 Å². The smallest absolute Gasteiger partial charge is 0.253 e. The van der Waals surface area contributed by atoms with Gasteiger partial charge >= 0.3 is 0 Å².